The number of hydrogen-bond donors (Lipinski definition) is 1. The van der Waals surface area contributed by atoms with E-state index < -0.39 is 5.97 Å². The molecule has 0 saturated heterocycles. The molecule has 2 aromatic carbocycles. The third-order valence-electron chi connectivity index (χ3n) is 4.25. The van der Waals surface area contributed by atoms with Gasteiger partial charge in [-0.15, -0.1) is 10.2 Å². The Hall–Kier alpha value is -3.73. The first-order valence-corrected chi connectivity index (χ1v) is 10.2. The Morgan fingerprint density at radius 1 is 1.00 bits per heavy atom. The molecule has 0 aliphatic heterocycles. The van der Waals surface area contributed by atoms with Crippen LogP contribution in [0.15, 0.2) is 46.0 Å². The number of rotatable bonds is 9. The number of methoxy groups -OCH3 is 4. The molecule has 168 valence electrons. The van der Waals surface area contributed by atoms with E-state index in [1.54, 1.807) is 36.4 Å². The van der Waals surface area contributed by atoms with Crippen molar-refractivity contribution in [1.82, 2.24) is 10.2 Å². The fourth-order valence-electron chi connectivity index (χ4n) is 2.78. The molecule has 0 bridgehead atoms. The predicted molar refractivity (Wildman–Crippen MR) is 117 cm³/mol. The summed E-state index contributed by atoms with van der Waals surface area (Å²) in [6.07, 6.45) is 0. The quantitative estimate of drug-likeness (QED) is 0.377. The normalized spacial score (nSPS) is 10.4. The lowest BCUT2D eigenvalue weighted by Crippen LogP contribution is -2.17. The number of amides is 1. The first-order valence-electron chi connectivity index (χ1n) is 9.24. The van der Waals surface area contributed by atoms with Gasteiger partial charge in [0.1, 0.15) is 0 Å². The molecule has 0 spiro atoms. The Balaban J connectivity index is 1.69. The van der Waals surface area contributed by atoms with Gasteiger partial charge >= 0.3 is 5.97 Å². The lowest BCUT2D eigenvalue weighted by atomic mass is 10.2. The molecule has 3 rings (SSSR count). The molecule has 10 nitrogen and oxygen atoms in total. The van der Waals surface area contributed by atoms with Gasteiger partial charge in [-0.2, -0.15) is 0 Å². The molecule has 1 heterocycles. The van der Waals surface area contributed by atoms with Crippen LogP contribution in [0.25, 0.3) is 11.5 Å². The predicted octanol–water partition coefficient (Wildman–Crippen LogP) is 3.28. The molecule has 1 amide bonds. The average molecular weight is 459 g/mol. The van der Waals surface area contributed by atoms with Crippen molar-refractivity contribution in [1.29, 1.82) is 0 Å². The molecule has 11 heteroatoms. The second-order valence-electron chi connectivity index (χ2n) is 6.16. The van der Waals surface area contributed by atoms with E-state index in [0.29, 0.717) is 28.5 Å². The van der Waals surface area contributed by atoms with Gasteiger partial charge in [-0.05, 0) is 24.3 Å². The number of nitrogens with zero attached hydrogens (tertiary/aromatic N) is 2. The number of anilines is 1. The third-order valence-corrected chi connectivity index (χ3v) is 5.07. The molecule has 0 saturated carbocycles. The van der Waals surface area contributed by atoms with Crippen LogP contribution < -0.4 is 19.5 Å². The second-order valence-corrected chi connectivity index (χ2v) is 7.09. The second kappa shape index (κ2) is 10.5. The van der Waals surface area contributed by atoms with Crippen LogP contribution in [0.2, 0.25) is 0 Å². The van der Waals surface area contributed by atoms with E-state index in [1.165, 1.54) is 28.4 Å². The van der Waals surface area contributed by atoms with Gasteiger partial charge in [-0.25, -0.2) is 4.79 Å². The Kier molecular flexibility index (Phi) is 7.55. The zero-order chi connectivity index (χ0) is 23.1. The van der Waals surface area contributed by atoms with Gasteiger partial charge in [0, 0.05) is 5.56 Å². The molecule has 0 aliphatic rings. The van der Waals surface area contributed by atoms with Crippen molar-refractivity contribution in [2.24, 2.45) is 0 Å². The van der Waals surface area contributed by atoms with Crippen molar-refractivity contribution in [3.05, 3.63) is 42.0 Å². The Bertz CT molecular complexity index is 1090. The number of ether oxygens (including phenoxy) is 4. The molecule has 1 N–H and O–H groups in total. The number of nitrogens with one attached hydrogen (secondary N) is 1. The highest BCUT2D eigenvalue weighted by Crippen LogP contribution is 2.41. The summed E-state index contributed by atoms with van der Waals surface area (Å²) in [7, 11) is 5.80. The van der Waals surface area contributed by atoms with Crippen LogP contribution in [0.1, 0.15) is 10.4 Å². The summed E-state index contributed by atoms with van der Waals surface area (Å²) in [4.78, 5) is 24.2. The van der Waals surface area contributed by atoms with E-state index in [9.17, 15) is 9.59 Å². The summed E-state index contributed by atoms with van der Waals surface area (Å²) in [5.74, 6) is 0.655. The van der Waals surface area contributed by atoms with Crippen LogP contribution in [0.3, 0.4) is 0 Å². The molecule has 1 aromatic heterocycles. The number of carbonyl (C=O) groups is 2. The summed E-state index contributed by atoms with van der Waals surface area (Å²) >= 11 is 1.06. The number of hydrogen-bond acceptors (Lipinski definition) is 10. The van der Waals surface area contributed by atoms with Crippen LogP contribution in [0, 0.1) is 0 Å². The van der Waals surface area contributed by atoms with Crippen molar-refractivity contribution in [3.63, 3.8) is 0 Å². The van der Waals surface area contributed by atoms with Gasteiger partial charge in [-0.3, -0.25) is 4.79 Å². The van der Waals surface area contributed by atoms with Gasteiger partial charge in [0.25, 0.3) is 5.22 Å². The largest absolute Gasteiger partial charge is 0.493 e. The number of aromatic nitrogens is 2. The molecule has 0 unspecified atom stereocenters. The average Bonchev–Trinajstić information content (AvgIpc) is 3.30. The van der Waals surface area contributed by atoms with E-state index in [-0.39, 0.29) is 28.3 Å². The molecule has 0 fully saturated rings. The van der Waals surface area contributed by atoms with E-state index in [0.717, 1.165) is 11.8 Å². The lowest BCUT2D eigenvalue weighted by Gasteiger charge is -2.12. The monoisotopic (exact) mass is 459 g/mol. The van der Waals surface area contributed by atoms with Gasteiger partial charge in [0.15, 0.2) is 11.5 Å². The molecule has 3 aromatic rings. The van der Waals surface area contributed by atoms with Crippen LogP contribution in [-0.4, -0.2) is 56.3 Å². The maximum absolute atomic E-state index is 12.3. The minimum Gasteiger partial charge on any atom is -0.493 e. The third kappa shape index (κ3) is 5.11. The van der Waals surface area contributed by atoms with Crippen LogP contribution in [0.4, 0.5) is 5.69 Å². The lowest BCUT2D eigenvalue weighted by molar-refractivity contribution is -0.113. The van der Waals surface area contributed by atoms with Crippen LogP contribution in [0.5, 0.6) is 17.2 Å². The smallest absolute Gasteiger partial charge is 0.339 e. The number of carbonyl (C=O) groups excluding carboxylic acids is 2. The van der Waals surface area contributed by atoms with E-state index in [2.05, 4.69) is 15.5 Å². The van der Waals surface area contributed by atoms with Crippen LogP contribution >= 0.6 is 11.8 Å². The summed E-state index contributed by atoms with van der Waals surface area (Å²) in [6, 6.07) is 9.93. The fourth-order valence-corrected chi connectivity index (χ4v) is 3.35. The number of thioether (sulfide) groups is 1. The zero-order valence-electron chi connectivity index (χ0n) is 17.8. The molecule has 0 aliphatic carbocycles. The SMILES string of the molecule is COC(=O)c1ccccc1NC(=O)CSc1nnc(-c2cc(OC)c(OC)c(OC)c2)o1. The highest BCUT2D eigenvalue weighted by atomic mass is 32.2. The maximum Gasteiger partial charge on any atom is 0.339 e. The van der Waals surface area contributed by atoms with Crippen LogP contribution in [-0.2, 0) is 9.53 Å². The summed E-state index contributed by atoms with van der Waals surface area (Å²) in [5, 5.41) is 10.9. The highest BCUT2D eigenvalue weighted by Gasteiger charge is 2.19. The minimum absolute atomic E-state index is 0.00754. The standard InChI is InChI=1S/C21H21N3O7S/c1-27-15-9-12(10-16(28-2)18(15)29-3)19-23-24-21(31-19)32-11-17(25)22-14-8-6-5-7-13(14)20(26)30-4/h5-10H,11H2,1-4H3,(H,22,25). The van der Waals surface area contributed by atoms with E-state index >= 15 is 0 Å². The number of benzene rings is 2. The topological polar surface area (TPSA) is 122 Å². The van der Waals surface area contributed by atoms with Gasteiger partial charge in [0.2, 0.25) is 17.5 Å². The van der Waals surface area contributed by atoms with Crippen molar-refractivity contribution >= 4 is 29.3 Å². The zero-order valence-corrected chi connectivity index (χ0v) is 18.6. The first kappa shape index (κ1) is 22.9. The molecule has 0 radical (unpaired) electrons. The molecule has 0 atom stereocenters. The van der Waals surface area contributed by atoms with Crippen molar-refractivity contribution in [2.45, 2.75) is 5.22 Å². The molecular formula is C21H21N3O7S. The number of esters is 1. The Labute approximate surface area is 188 Å². The van der Waals surface area contributed by atoms with Crippen molar-refractivity contribution < 1.29 is 33.0 Å². The summed E-state index contributed by atoms with van der Waals surface area (Å²) < 4.78 is 26.4. The van der Waals surface area contributed by atoms with Gasteiger partial charge < -0.3 is 28.7 Å². The van der Waals surface area contributed by atoms with Crippen molar-refractivity contribution in [2.75, 3.05) is 39.5 Å². The van der Waals surface area contributed by atoms with Gasteiger partial charge in [0.05, 0.1) is 45.4 Å². The first-order chi connectivity index (χ1) is 15.5. The van der Waals surface area contributed by atoms with E-state index in [4.69, 9.17) is 23.4 Å². The van der Waals surface area contributed by atoms with Crippen molar-refractivity contribution in [3.8, 4) is 28.7 Å². The number of para-hydroxylation sites is 1. The summed E-state index contributed by atoms with van der Waals surface area (Å²) in [6.45, 7) is 0. The molecular weight excluding hydrogens is 438 g/mol. The maximum atomic E-state index is 12.3. The molecule has 32 heavy (non-hydrogen) atoms. The summed E-state index contributed by atoms with van der Waals surface area (Å²) in [5.41, 5.74) is 1.18. The Morgan fingerprint density at radius 3 is 2.31 bits per heavy atom. The fraction of sp³-hybridized carbons (Fsp3) is 0.238. The van der Waals surface area contributed by atoms with Gasteiger partial charge in [-0.1, -0.05) is 23.9 Å². The van der Waals surface area contributed by atoms with E-state index in [1.807, 2.05) is 0 Å². The minimum atomic E-state index is -0.541. The Morgan fingerprint density at radius 2 is 1.69 bits per heavy atom. The highest BCUT2D eigenvalue weighted by molar-refractivity contribution is 7.99.